The fraction of sp³-hybridized carbons (Fsp3) is 0.417. The van der Waals surface area contributed by atoms with Crippen LogP contribution in [0.15, 0.2) is 42.5 Å². The summed E-state index contributed by atoms with van der Waals surface area (Å²) in [6.45, 7) is 1.91. The van der Waals surface area contributed by atoms with Gasteiger partial charge < -0.3 is 10.2 Å². The Balaban J connectivity index is 1.79. The van der Waals surface area contributed by atoms with E-state index in [-0.39, 0.29) is 41.4 Å². The molecule has 1 atom stereocenters. The van der Waals surface area contributed by atoms with Crippen LogP contribution in [0.25, 0.3) is 0 Å². The Bertz CT molecular complexity index is 894. The Morgan fingerprint density at radius 2 is 1.77 bits per heavy atom. The fourth-order valence-electron chi connectivity index (χ4n) is 3.89. The minimum Gasteiger partial charge on any atom is -0.352 e. The van der Waals surface area contributed by atoms with Crippen molar-refractivity contribution in [3.8, 4) is 0 Å². The summed E-state index contributed by atoms with van der Waals surface area (Å²) in [5, 5.41) is 3.86. The SMILES string of the molecule is CC(C(=O)NC1CCCCC1)N(Cc1ccc(Cl)cc1)C(=O)Cc1c(F)cccc1Cl. The molecule has 0 radical (unpaired) electrons. The van der Waals surface area contributed by atoms with E-state index in [0.29, 0.717) is 5.02 Å². The van der Waals surface area contributed by atoms with Gasteiger partial charge in [0, 0.05) is 28.2 Å². The number of carbonyl (C=O) groups excluding carboxylic acids is 2. The van der Waals surface area contributed by atoms with Crippen molar-refractivity contribution in [1.82, 2.24) is 10.2 Å². The number of amides is 2. The van der Waals surface area contributed by atoms with Crippen LogP contribution >= 0.6 is 23.2 Å². The van der Waals surface area contributed by atoms with Crippen molar-refractivity contribution in [1.29, 1.82) is 0 Å². The zero-order valence-electron chi connectivity index (χ0n) is 17.5. The van der Waals surface area contributed by atoms with Crippen LogP contribution in [0.1, 0.15) is 50.2 Å². The lowest BCUT2D eigenvalue weighted by Gasteiger charge is -2.31. The Morgan fingerprint density at radius 3 is 2.42 bits per heavy atom. The van der Waals surface area contributed by atoms with Gasteiger partial charge in [0.1, 0.15) is 11.9 Å². The topological polar surface area (TPSA) is 49.4 Å². The highest BCUT2D eigenvalue weighted by molar-refractivity contribution is 6.31. The normalized spacial score (nSPS) is 15.4. The summed E-state index contributed by atoms with van der Waals surface area (Å²) in [5.41, 5.74) is 0.963. The largest absolute Gasteiger partial charge is 0.352 e. The van der Waals surface area contributed by atoms with Gasteiger partial charge in [-0.2, -0.15) is 0 Å². The second-order valence-electron chi connectivity index (χ2n) is 8.04. The van der Waals surface area contributed by atoms with Gasteiger partial charge in [-0.05, 0) is 49.6 Å². The number of nitrogens with one attached hydrogen (secondary N) is 1. The van der Waals surface area contributed by atoms with Crippen molar-refractivity contribution < 1.29 is 14.0 Å². The van der Waals surface area contributed by atoms with Gasteiger partial charge in [-0.15, -0.1) is 0 Å². The summed E-state index contributed by atoms with van der Waals surface area (Å²) in [5.74, 6) is -1.10. The van der Waals surface area contributed by atoms with Gasteiger partial charge in [0.2, 0.25) is 11.8 Å². The van der Waals surface area contributed by atoms with Crippen LogP contribution in [0.3, 0.4) is 0 Å². The molecule has 1 unspecified atom stereocenters. The quantitative estimate of drug-likeness (QED) is 0.584. The standard InChI is InChI=1S/C24H27Cl2FN2O2/c1-16(24(31)28-19-6-3-2-4-7-19)29(15-17-10-12-18(25)13-11-17)23(30)14-20-21(26)8-5-9-22(20)27/h5,8-13,16,19H,2-4,6-7,14-15H2,1H3,(H,28,31). The molecule has 4 nitrogen and oxygen atoms in total. The first-order valence-electron chi connectivity index (χ1n) is 10.6. The molecule has 1 fully saturated rings. The Kier molecular flexibility index (Phi) is 8.33. The second-order valence-corrected chi connectivity index (χ2v) is 8.89. The van der Waals surface area contributed by atoms with E-state index < -0.39 is 11.9 Å². The van der Waals surface area contributed by atoms with Crippen molar-refractivity contribution in [3.63, 3.8) is 0 Å². The first-order chi connectivity index (χ1) is 14.8. The summed E-state index contributed by atoms with van der Waals surface area (Å²) in [7, 11) is 0. The lowest BCUT2D eigenvalue weighted by molar-refractivity contribution is -0.140. The second kappa shape index (κ2) is 11.0. The van der Waals surface area contributed by atoms with Gasteiger partial charge in [0.25, 0.3) is 0 Å². The van der Waals surface area contributed by atoms with Crippen LogP contribution in [0.2, 0.25) is 10.0 Å². The van der Waals surface area contributed by atoms with E-state index in [1.54, 1.807) is 25.1 Å². The van der Waals surface area contributed by atoms with Crippen molar-refractivity contribution in [2.45, 2.75) is 64.1 Å². The molecule has 1 aliphatic carbocycles. The van der Waals surface area contributed by atoms with E-state index in [1.165, 1.54) is 23.5 Å². The molecular formula is C24H27Cl2FN2O2. The Morgan fingerprint density at radius 1 is 1.10 bits per heavy atom. The molecule has 166 valence electrons. The third-order valence-electron chi connectivity index (χ3n) is 5.77. The molecule has 3 rings (SSSR count). The first-order valence-corrected chi connectivity index (χ1v) is 11.4. The molecule has 1 N–H and O–H groups in total. The highest BCUT2D eigenvalue weighted by Crippen LogP contribution is 2.22. The summed E-state index contributed by atoms with van der Waals surface area (Å²) < 4.78 is 14.3. The Labute approximate surface area is 192 Å². The molecule has 0 aliphatic heterocycles. The van der Waals surface area contributed by atoms with Crippen LogP contribution in [-0.4, -0.2) is 28.8 Å². The van der Waals surface area contributed by atoms with Crippen molar-refractivity contribution in [3.05, 3.63) is 69.5 Å². The fourth-order valence-corrected chi connectivity index (χ4v) is 4.25. The first kappa shape index (κ1) is 23.6. The third-order valence-corrected chi connectivity index (χ3v) is 6.38. The molecule has 31 heavy (non-hydrogen) atoms. The van der Waals surface area contributed by atoms with Gasteiger partial charge in [-0.3, -0.25) is 9.59 Å². The minimum atomic E-state index is -0.712. The lowest BCUT2D eigenvalue weighted by Crippen LogP contribution is -2.50. The molecule has 0 heterocycles. The van der Waals surface area contributed by atoms with E-state index in [4.69, 9.17) is 23.2 Å². The molecule has 1 aliphatic rings. The van der Waals surface area contributed by atoms with E-state index in [9.17, 15) is 14.0 Å². The van der Waals surface area contributed by atoms with Gasteiger partial charge >= 0.3 is 0 Å². The highest BCUT2D eigenvalue weighted by atomic mass is 35.5. The predicted molar refractivity (Wildman–Crippen MR) is 122 cm³/mol. The predicted octanol–water partition coefficient (Wildman–Crippen LogP) is 5.54. The Hall–Kier alpha value is -2.11. The molecule has 0 aromatic heterocycles. The smallest absolute Gasteiger partial charge is 0.242 e. The van der Waals surface area contributed by atoms with Crippen molar-refractivity contribution >= 4 is 35.0 Å². The lowest BCUT2D eigenvalue weighted by atomic mass is 9.95. The monoisotopic (exact) mass is 464 g/mol. The highest BCUT2D eigenvalue weighted by Gasteiger charge is 2.29. The van der Waals surface area contributed by atoms with E-state index in [0.717, 1.165) is 31.2 Å². The number of benzene rings is 2. The maximum atomic E-state index is 14.3. The number of nitrogens with zero attached hydrogens (tertiary/aromatic N) is 1. The minimum absolute atomic E-state index is 0.134. The van der Waals surface area contributed by atoms with E-state index >= 15 is 0 Å². The van der Waals surface area contributed by atoms with Gasteiger partial charge in [-0.1, -0.05) is 60.7 Å². The zero-order valence-corrected chi connectivity index (χ0v) is 19.1. The molecule has 2 amide bonds. The summed E-state index contributed by atoms with van der Waals surface area (Å²) in [6.07, 6.45) is 5.06. The molecule has 2 aromatic carbocycles. The summed E-state index contributed by atoms with van der Waals surface area (Å²) in [6, 6.07) is 10.8. The molecule has 0 bridgehead atoms. The molecule has 0 saturated heterocycles. The maximum absolute atomic E-state index is 14.3. The molecule has 0 spiro atoms. The van der Waals surface area contributed by atoms with Gasteiger partial charge in [0.15, 0.2) is 0 Å². The van der Waals surface area contributed by atoms with Crippen LogP contribution in [0.5, 0.6) is 0 Å². The molecule has 7 heteroatoms. The number of halogens is 3. The molecule has 1 saturated carbocycles. The number of rotatable bonds is 7. The van der Waals surface area contributed by atoms with Gasteiger partial charge in [0.05, 0.1) is 6.42 Å². The van der Waals surface area contributed by atoms with Gasteiger partial charge in [-0.25, -0.2) is 4.39 Å². The van der Waals surface area contributed by atoms with Crippen LogP contribution in [0.4, 0.5) is 4.39 Å². The summed E-state index contributed by atoms with van der Waals surface area (Å²) in [4.78, 5) is 27.7. The van der Waals surface area contributed by atoms with Crippen molar-refractivity contribution in [2.75, 3.05) is 0 Å². The zero-order chi connectivity index (χ0) is 22.4. The summed E-state index contributed by atoms with van der Waals surface area (Å²) >= 11 is 12.1. The number of hydrogen-bond donors (Lipinski definition) is 1. The maximum Gasteiger partial charge on any atom is 0.242 e. The average Bonchev–Trinajstić information content (AvgIpc) is 2.76. The van der Waals surface area contributed by atoms with Crippen LogP contribution in [0, 0.1) is 5.82 Å². The van der Waals surface area contributed by atoms with E-state index in [2.05, 4.69) is 5.32 Å². The number of hydrogen-bond acceptors (Lipinski definition) is 2. The molecule has 2 aromatic rings. The van der Waals surface area contributed by atoms with Crippen molar-refractivity contribution in [2.24, 2.45) is 0 Å². The van der Waals surface area contributed by atoms with Crippen LogP contribution < -0.4 is 5.32 Å². The molecular weight excluding hydrogens is 438 g/mol. The third kappa shape index (κ3) is 6.44. The van der Waals surface area contributed by atoms with Crippen LogP contribution in [-0.2, 0) is 22.6 Å². The number of carbonyl (C=O) groups is 2. The van der Waals surface area contributed by atoms with E-state index in [1.807, 2.05) is 12.1 Å². The average molecular weight is 465 g/mol.